The van der Waals surface area contributed by atoms with Crippen molar-refractivity contribution in [3.63, 3.8) is 0 Å². The molecule has 9 nitrogen and oxygen atoms in total. The van der Waals surface area contributed by atoms with Crippen molar-refractivity contribution < 1.29 is 23.9 Å². The van der Waals surface area contributed by atoms with Crippen LogP contribution in [0.3, 0.4) is 0 Å². The zero-order valence-electron chi connectivity index (χ0n) is 19.1. The van der Waals surface area contributed by atoms with Gasteiger partial charge in [-0.05, 0) is 49.8 Å². The first kappa shape index (κ1) is 24.2. The maximum Gasteiger partial charge on any atom is 0.340 e. The summed E-state index contributed by atoms with van der Waals surface area (Å²) in [6.45, 7) is 3.38. The lowest BCUT2D eigenvalue weighted by atomic mass is 10.1. The molecule has 34 heavy (non-hydrogen) atoms. The molecule has 0 spiro atoms. The third-order valence-electron chi connectivity index (χ3n) is 4.71. The number of aromatic nitrogens is 2. The molecule has 0 radical (unpaired) electrons. The van der Waals surface area contributed by atoms with Gasteiger partial charge in [0.25, 0.3) is 5.91 Å². The Morgan fingerprint density at radius 3 is 2.47 bits per heavy atom. The van der Waals surface area contributed by atoms with Crippen LogP contribution in [-0.4, -0.2) is 41.3 Å². The number of methoxy groups -OCH3 is 1. The number of para-hydroxylation sites is 1. The summed E-state index contributed by atoms with van der Waals surface area (Å²) in [5, 5.41) is 9.46. The number of benzene rings is 2. The van der Waals surface area contributed by atoms with Crippen molar-refractivity contribution in [2.24, 2.45) is 0 Å². The highest BCUT2D eigenvalue weighted by Gasteiger charge is 2.16. The predicted molar refractivity (Wildman–Crippen MR) is 129 cm³/mol. The van der Waals surface area contributed by atoms with Gasteiger partial charge in [0, 0.05) is 18.2 Å². The monoisotopic (exact) mass is 462 g/mol. The lowest BCUT2D eigenvalue weighted by Gasteiger charge is -2.12. The Balaban J connectivity index is 1.58. The maximum atomic E-state index is 12.6. The van der Waals surface area contributed by atoms with Gasteiger partial charge < -0.3 is 20.1 Å². The molecular weight excluding hydrogens is 436 g/mol. The molecule has 1 aromatic heterocycles. The fourth-order valence-corrected chi connectivity index (χ4v) is 3.04. The minimum atomic E-state index is -0.734. The number of anilines is 2. The number of ether oxygens (including phenoxy) is 2. The third-order valence-corrected chi connectivity index (χ3v) is 4.71. The Morgan fingerprint density at radius 1 is 1.03 bits per heavy atom. The molecule has 9 heteroatoms. The van der Waals surface area contributed by atoms with E-state index in [1.54, 1.807) is 60.5 Å². The second kappa shape index (κ2) is 11.5. The van der Waals surface area contributed by atoms with Gasteiger partial charge in [-0.3, -0.25) is 9.59 Å². The summed E-state index contributed by atoms with van der Waals surface area (Å²) in [6.07, 6.45) is 4.57. The van der Waals surface area contributed by atoms with E-state index < -0.39 is 24.4 Å². The van der Waals surface area contributed by atoms with Crippen molar-refractivity contribution in [2.75, 3.05) is 24.4 Å². The fourth-order valence-electron chi connectivity index (χ4n) is 3.04. The van der Waals surface area contributed by atoms with Crippen molar-refractivity contribution in [1.82, 2.24) is 9.78 Å². The number of amides is 2. The largest absolute Gasteiger partial charge is 0.497 e. The highest BCUT2D eigenvalue weighted by Crippen LogP contribution is 2.18. The van der Waals surface area contributed by atoms with Crippen molar-refractivity contribution in [2.45, 2.75) is 19.9 Å². The number of rotatable bonds is 9. The topological polar surface area (TPSA) is 112 Å². The van der Waals surface area contributed by atoms with E-state index in [4.69, 9.17) is 9.47 Å². The predicted octanol–water partition coefficient (Wildman–Crippen LogP) is 3.92. The van der Waals surface area contributed by atoms with Gasteiger partial charge in [0.1, 0.15) is 11.6 Å². The van der Waals surface area contributed by atoms with Crippen LogP contribution in [0.4, 0.5) is 11.5 Å². The van der Waals surface area contributed by atoms with Gasteiger partial charge in [0.05, 0.1) is 24.6 Å². The van der Waals surface area contributed by atoms with Crippen LogP contribution in [0.1, 0.15) is 35.8 Å². The Labute approximate surface area is 197 Å². The Hall–Kier alpha value is -4.40. The van der Waals surface area contributed by atoms with Crippen molar-refractivity contribution in [3.05, 3.63) is 78.0 Å². The van der Waals surface area contributed by atoms with Crippen LogP contribution in [0.2, 0.25) is 0 Å². The van der Waals surface area contributed by atoms with E-state index in [1.807, 2.05) is 26.0 Å². The smallest absolute Gasteiger partial charge is 0.340 e. The lowest BCUT2D eigenvalue weighted by Crippen LogP contribution is -2.23. The average molecular weight is 463 g/mol. The molecule has 0 saturated heterocycles. The summed E-state index contributed by atoms with van der Waals surface area (Å²) >= 11 is 0. The van der Waals surface area contributed by atoms with Gasteiger partial charge in [0.2, 0.25) is 5.91 Å². The van der Waals surface area contributed by atoms with E-state index in [0.717, 1.165) is 5.56 Å². The van der Waals surface area contributed by atoms with Crippen LogP contribution < -0.4 is 15.4 Å². The summed E-state index contributed by atoms with van der Waals surface area (Å²) in [7, 11) is 1.58. The minimum absolute atomic E-state index is 0.0575. The van der Waals surface area contributed by atoms with Crippen molar-refractivity contribution >= 4 is 35.4 Å². The second-order valence-electron chi connectivity index (χ2n) is 7.52. The molecule has 176 valence electrons. The number of carbonyl (C=O) groups excluding carboxylic acids is 3. The average Bonchev–Trinajstić information content (AvgIpc) is 3.30. The van der Waals surface area contributed by atoms with Crippen LogP contribution in [-0.2, 0) is 14.3 Å². The van der Waals surface area contributed by atoms with E-state index in [2.05, 4.69) is 15.7 Å². The van der Waals surface area contributed by atoms with Crippen molar-refractivity contribution in [1.29, 1.82) is 0 Å². The first-order chi connectivity index (χ1) is 16.4. The van der Waals surface area contributed by atoms with E-state index in [0.29, 0.717) is 11.6 Å². The van der Waals surface area contributed by atoms with Gasteiger partial charge in [-0.15, -0.1) is 0 Å². The minimum Gasteiger partial charge on any atom is -0.497 e. The number of hydrogen-bond acceptors (Lipinski definition) is 6. The first-order valence-electron chi connectivity index (χ1n) is 10.6. The standard InChI is InChI=1S/C25H26N4O5/c1-17(2)29-22(14-15-26-29)28-24(31)16-34-25(32)20-6-4-5-7-21(20)27-23(30)13-10-18-8-11-19(33-3)12-9-18/h4-15,17H,16H2,1-3H3,(H,27,30)(H,28,31)/b13-10+. The Bertz CT molecular complexity index is 1180. The lowest BCUT2D eigenvalue weighted by molar-refractivity contribution is -0.119. The third kappa shape index (κ3) is 6.55. The molecule has 0 aliphatic heterocycles. The first-order valence-corrected chi connectivity index (χ1v) is 10.6. The number of esters is 1. The summed E-state index contributed by atoms with van der Waals surface area (Å²) in [5.74, 6) is -0.432. The molecule has 0 aliphatic carbocycles. The van der Waals surface area contributed by atoms with E-state index in [1.165, 1.54) is 12.1 Å². The molecule has 1 heterocycles. The SMILES string of the molecule is COc1ccc(/C=C/C(=O)Nc2ccccc2C(=O)OCC(=O)Nc2ccnn2C(C)C)cc1. The summed E-state index contributed by atoms with van der Waals surface area (Å²) < 4.78 is 11.9. The van der Waals surface area contributed by atoms with Crippen LogP contribution >= 0.6 is 0 Å². The Kier molecular flexibility index (Phi) is 8.17. The van der Waals surface area contributed by atoms with E-state index in [9.17, 15) is 14.4 Å². The molecule has 0 atom stereocenters. The maximum absolute atomic E-state index is 12.6. The molecule has 0 saturated carbocycles. The highest BCUT2D eigenvalue weighted by atomic mass is 16.5. The van der Waals surface area contributed by atoms with E-state index >= 15 is 0 Å². The van der Waals surface area contributed by atoms with Crippen LogP contribution in [0, 0.1) is 0 Å². The number of carbonyl (C=O) groups is 3. The molecule has 3 rings (SSSR count). The van der Waals surface area contributed by atoms with Gasteiger partial charge in [-0.1, -0.05) is 24.3 Å². The number of hydrogen-bond donors (Lipinski definition) is 2. The number of nitrogens with zero attached hydrogens (tertiary/aromatic N) is 2. The molecule has 2 N–H and O–H groups in total. The molecule has 0 bridgehead atoms. The van der Waals surface area contributed by atoms with Gasteiger partial charge in [-0.2, -0.15) is 5.10 Å². The summed E-state index contributed by atoms with van der Waals surface area (Å²) in [6, 6.07) is 15.3. The van der Waals surface area contributed by atoms with Gasteiger partial charge in [-0.25, -0.2) is 9.48 Å². The molecule has 3 aromatic rings. The zero-order chi connectivity index (χ0) is 24.5. The fraction of sp³-hybridized carbons (Fsp3) is 0.200. The molecule has 0 unspecified atom stereocenters. The van der Waals surface area contributed by atoms with E-state index in [-0.39, 0.29) is 17.3 Å². The summed E-state index contributed by atoms with van der Waals surface area (Å²) in [5.41, 5.74) is 1.22. The van der Waals surface area contributed by atoms with Crippen LogP contribution in [0.15, 0.2) is 66.9 Å². The zero-order valence-corrected chi connectivity index (χ0v) is 19.1. The van der Waals surface area contributed by atoms with Crippen LogP contribution in [0.5, 0.6) is 5.75 Å². The van der Waals surface area contributed by atoms with Crippen LogP contribution in [0.25, 0.3) is 6.08 Å². The highest BCUT2D eigenvalue weighted by molar-refractivity contribution is 6.06. The molecular formula is C25H26N4O5. The second-order valence-corrected chi connectivity index (χ2v) is 7.52. The Morgan fingerprint density at radius 2 is 1.76 bits per heavy atom. The molecule has 2 amide bonds. The molecule has 2 aromatic carbocycles. The van der Waals surface area contributed by atoms with Gasteiger partial charge in [0.15, 0.2) is 6.61 Å². The molecule has 0 aliphatic rings. The molecule has 0 fully saturated rings. The summed E-state index contributed by atoms with van der Waals surface area (Å²) in [4.78, 5) is 37.2. The quantitative estimate of drug-likeness (QED) is 0.368. The van der Waals surface area contributed by atoms with Gasteiger partial charge >= 0.3 is 5.97 Å². The number of nitrogens with one attached hydrogen (secondary N) is 2. The normalized spacial score (nSPS) is 10.8. The van der Waals surface area contributed by atoms with Crippen molar-refractivity contribution in [3.8, 4) is 5.75 Å².